The third kappa shape index (κ3) is 14.2. The predicted octanol–water partition coefficient (Wildman–Crippen LogP) is 5.63. The van der Waals surface area contributed by atoms with Crippen LogP contribution in [0.2, 0.25) is 0 Å². The SMILES string of the molecule is CCCCCCC/N=C(/NCCCCCCC)SCC. The van der Waals surface area contributed by atoms with Gasteiger partial charge in [-0.2, -0.15) is 0 Å². The predicted molar refractivity (Wildman–Crippen MR) is 96.0 cm³/mol. The fourth-order valence-electron chi connectivity index (χ4n) is 2.11. The van der Waals surface area contributed by atoms with Crippen LogP contribution in [0, 0.1) is 0 Å². The van der Waals surface area contributed by atoms with Gasteiger partial charge < -0.3 is 5.32 Å². The molecule has 3 heteroatoms. The summed E-state index contributed by atoms with van der Waals surface area (Å²) in [7, 11) is 0. The van der Waals surface area contributed by atoms with Gasteiger partial charge >= 0.3 is 0 Å². The van der Waals surface area contributed by atoms with Crippen LogP contribution in [-0.4, -0.2) is 24.0 Å². The van der Waals surface area contributed by atoms with Crippen molar-refractivity contribution < 1.29 is 0 Å². The number of nitrogens with one attached hydrogen (secondary N) is 1. The number of hydrogen-bond donors (Lipinski definition) is 1. The Kier molecular flexibility index (Phi) is 16.7. The largest absolute Gasteiger partial charge is 0.365 e. The van der Waals surface area contributed by atoms with E-state index in [0.717, 1.165) is 18.8 Å². The summed E-state index contributed by atoms with van der Waals surface area (Å²) >= 11 is 1.85. The van der Waals surface area contributed by atoms with Gasteiger partial charge in [0, 0.05) is 13.1 Å². The maximum Gasteiger partial charge on any atom is 0.156 e. The van der Waals surface area contributed by atoms with E-state index in [2.05, 4.69) is 26.1 Å². The lowest BCUT2D eigenvalue weighted by molar-refractivity contribution is 0.623. The molecule has 0 heterocycles. The van der Waals surface area contributed by atoms with E-state index >= 15 is 0 Å². The molecule has 2 nitrogen and oxygen atoms in total. The molecular formula is C17H36N2S. The molecule has 0 aromatic heterocycles. The highest BCUT2D eigenvalue weighted by atomic mass is 32.2. The van der Waals surface area contributed by atoms with Gasteiger partial charge in [0.15, 0.2) is 5.17 Å². The van der Waals surface area contributed by atoms with Gasteiger partial charge in [0.1, 0.15) is 0 Å². The van der Waals surface area contributed by atoms with Gasteiger partial charge in [-0.3, -0.25) is 4.99 Å². The van der Waals surface area contributed by atoms with Crippen LogP contribution in [0.4, 0.5) is 0 Å². The van der Waals surface area contributed by atoms with Gasteiger partial charge in [-0.25, -0.2) is 0 Å². The Morgan fingerprint density at radius 2 is 1.40 bits per heavy atom. The van der Waals surface area contributed by atoms with Crippen molar-refractivity contribution in [1.82, 2.24) is 5.32 Å². The lowest BCUT2D eigenvalue weighted by Crippen LogP contribution is -2.22. The summed E-state index contributed by atoms with van der Waals surface area (Å²) in [4.78, 5) is 4.71. The summed E-state index contributed by atoms with van der Waals surface area (Å²) in [5, 5.41) is 4.68. The molecule has 0 spiro atoms. The Bertz CT molecular complexity index is 217. The average Bonchev–Trinajstić information content (AvgIpc) is 2.46. The van der Waals surface area contributed by atoms with Crippen LogP contribution in [0.1, 0.15) is 85.0 Å². The summed E-state index contributed by atoms with van der Waals surface area (Å²) in [6.45, 7) is 8.81. The van der Waals surface area contributed by atoms with Crippen molar-refractivity contribution in [3.05, 3.63) is 0 Å². The molecule has 1 N–H and O–H groups in total. The minimum atomic E-state index is 0.995. The zero-order chi connectivity index (χ0) is 14.9. The zero-order valence-electron chi connectivity index (χ0n) is 14.0. The second-order valence-electron chi connectivity index (χ2n) is 5.38. The molecule has 20 heavy (non-hydrogen) atoms. The van der Waals surface area contributed by atoms with Crippen molar-refractivity contribution in [3.63, 3.8) is 0 Å². The maximum atomic E-state index is 4.71. The molecule has 0 aliphatic rings. The Morgan fingerprint density at radius 3 is 2.00 bits per heavy atom. The Morgan fingerprint density at radius 1 is 0.800 bits per heavy atom. The number of rotatable bonds is 13. The third-order valence-electron chi connectivity index (χ3n) is 3.35. The zero-order valence-corrected chi connectivity index (χ0v) is 14.9. The minimum Gasteiger partial charge on any atom is -0.365 e. The van der Waals surface area contributed by atoms with Crippen LogP contribution < -0.4 is 5.32 Å². The molecule has 0 aliphatic heterocycles. The van der Waals surface area contributed by atoms with E-state index in [-0.39, 0.29) is 0 Å². The van der Waals surface area contributed by atoms with Crippen LogP contribution in [0.15, 0.2) is 4.99 Å². The molecule has 0 bridgehead atoms. The van der Waals surface area contributed by atoms with Crippen LogP contribution in [-0.2, 0) is 0 Å². The number of aliphatic imine (C=N–C) groups is 1. The van der Waals surface area contributed by atoms with Gasteiger partial charge in [-0.05, 0) is 18.6 Å². The summed E-state index contributed by atoms with van der Waals surface area (Å²) in [5.41, 5.74) is 0. The molecule has 0 aromatic carbocycles. The smallest absolute Gasteiger partial charge is 0.156 e. The van der Waals surface area contributed by atoms with Gasteiger partial charge in [0.25, 0.3) is 0 Å². The molecule has 0 aromatic rings. The first-order valence-corrected chi connectivity index (χ1v) is 9.74. The fraction of sp³-hybridized carbons (Fsp3) is 0.941. The van der Waals surface area contributed by atoms with Crippen LogP contribution in [0.25, 0.3) is 0 Å². The van der Waals surface area contributed by atoms with Gasteiger partial charge in [0.2, 0.25) is 0 Å². The van der Waals surface area contributed by atoms with Crippen molar-refractivity contribution in [1.29, 1.82) is 0 Å². The highest BCUT2D eigenvalue weighted by molar-refractivity contribution is 8.13. The number of nitrogens with zero attached hydrogens (tertiary/aromatic N) is 1. The molecule has 0 unspecified atom stereocenters. The second-order valence-corrected chi connectivity index (χ2v) is 6.63. The van der Waals surface area contributed by atoms with Crippen LogP contribution >= 0.6 is 11.8 Å². The van der Waals surface area contributed by atoms with E-state index in [9.17, 15) is 0 Å². The minimum absolute atomic E-state index is 0.995. The van der Waals surface area contributed by atoms with E-state index in [4.69, 9.17) is 4.99 Å². The van der Waals surface area contributed by atoms with Crippen molar-refractivity contribution >= 4 is 16.9 Å². The lowest BCUT2D eigenvalue weighted by atomic mass is 10.1. The standard InChI is InChI=1S/C17H36N2S/c1-4-7-9-11-13-15-18-17(20-6-3)19-16-14-12-10-8-5-2/h4-16H2,1-3H3,(H,18,19). The number of amidine groups is 1. The van der Waals surface area contributed by atoms with Gasteiger partial charge in [0.05, 0.1) is 0 Å². The molecule has 0 amide bonds. The van der Waals surface area contributed by atoms with Crippen LogP contribution in [0.3, 0.4) is 0 Å². The molecule has 0 atom stereocenters. The molecule has 0 saturated heterocycles. The molecule has 0 fully saturated rings. The van der Waals surface area contributed by atoms with Gasteiger partial charge in [-0.1, -0.05) is 83.9 Å². The molecule has 120 valence electrons. The molecule has 0 aliphatic carbocycles. The van der Waals surface area contributed by atoms with Crippen molar-refractivity contribution in [2.45, 2.75) is 85.0 Å². The average molecular weight is 301 g/mol. The second kappa shape index (κ2) is 16.9. The number of hydrogen-bond acceptors (Lipinski definition) is 2. The monoisotopic (exact) mass is 300 g/mol. The van der Waals surface area contributed by atoms with Crippen LogP contribution in [0.5, 0.6) is 0 Å². The van der Waals surface area contributed by atoms with E-state index in [1.165, 1.54) is 69.4 Å². The van der Waals surface area contributed by atoms with E-state index in [1.807, 2.05) is 11.8 Å². The molecule has 0 saturated carbocycles. The number of unbranched alkanes of at least 4 members (excludes halogenated alkanes) is 8. The third-order valence-corrected chi connectivity index (χ3v) is 4.19. The summed E-state index contributed by atoms with van der Waals surface area (Å²) < 4.78 is 0. The van der Waals surface area contributed by atoms with Crippen molar-refractivity contribution in [2.24, 2.45) is 4.99 Å². The highest BCUT2D eigenvalue weighted by Crippen LogP contribution is 2.06. The molecule has 0 rings (SSSR count). The maximum absolute atomic E-state index is 4.71. The highest BCUT2D eigenvalue weighted by Gasteiger charge is 1.98. The quantitative estimate of drug-likeness (QED) is 0.271. The number of thioether (sulfide) groups is 1. The van der Waals surface area contributed by atoms with E-state index < -0.39 is 0 Å². The first-order valence-electron chi connectivity index (χ1n) is 8.76. The Balaban J connectivity index is 3.62. The van der Waals surface area contributed by atoms with Gasteiger partial charge in [-0.15, -0.1) is 0 Å². The summed E-state index contributed by atoms with van der Waals surface area (Å²) in [6, 6.07) is 0. The first kappa shape index (κ1) is 19.8. The summed E-state index contributed by atoms with van der Waals surface area (Å²) in [6.07, 6.45) is 13.3. The molecule has 0 radical (unpaired) electrons. The van der Waals surface area contributed by atoms with E-state index in [1.54, 1.807) is 0 Å². The lowest BCUT2D eigenvalue weighted by Gasteiger charge is -2.08. The van der Waals surface area contributed by atoms with Crippen molar-refractivity contribution in [3.8, 4) is 0 Å². The van der Waals surface area contributed by atoms with E-state index in [0.29, 0.717) is 0 Å². The Hall–Kier alpha value is -0.180. The molecular weight excluding hydrogens is 264 g/mol. The Labute approximate surface area is 131 Å². The topological polar surface area (TPSA) is 24.4 Å². The summed E-state index contributed by atoms with van der Waals surface area (Å²) in [5.74, 6) is 1.11. The normalized spacial score (nSPS) is 11.8. The fourth-order valence-corrected chi connectivity index (χ4v) is 2.77. The first-order chi connectivity index (χ1) is 9.85. The van der Waals surface area contributed by atoms with Crippen molar-refractivity contribution in [2.75, 3.05) is 18.8 Å².